The van der Waals surface area contributed by atoms with Gasteiger partial charge in [-0.15, -0.1) is 5.10 Å². The molecular formula is C43H47N9O8. The highest BCUT2D eigenvalue weighted by Gasteiger charge is 2.45. The Balaban J connectivity index is 0.806. The third-order valence-corrected chi connectivity index (χ3v) is 11.5. The summed E-state index contributed by atoms with van der Waals surface area (Å²) in [4.78, 5) is 72.7. The molecule has 6 heterocycles. The predicted octanol–water partition coefficient (Wildman–Crippen LogP) is 3.32. The van der Waals surface area contributed by atoms with Crippen LogP contribution in [0.4, 0.5) is 5.69 Å². The molecule has 8 rings (SSSR count). The molecule has 1 N–H and O–H groups in total. The van der Waals surface area contributed by atoms with E-state index in [-0.39, 0.29) is 35.6 Å². The molecule has 17 nitrogen and oxygen atoms in total. The van der Waals surface area contributed by atoms with Gasteiger partial charge in [-0.1, -0.05) is 5.21 Å². The number of piperidine rings is 2. The van der Waals surface area contributed by atoms with Gasteiger partial charge in [0.25, 0.3) is 17.4 Å². The molecule has 312 valence electrons. The Morgan fingerprint density at radius 1 is 0.883 bits per heavy atom. The third-order valence-electron chi connectivity index (χ3n) is 11.5. The number of rotatable bonds is 14. The first kappa shape index (κ1) is 40.3. The number of hydrogen-bond donors (Lipinski definition) is 1. The Bertz CT molecular complexity index is 2520. The first-order valence-corrected chi connectivity index (χ1v) is 20.0. The minimum absolute atomic E-state index is 0.0294. The second kappa shape index (κ2) is 17.0. The molecule has 1 atom stereocenters. The van der Waals surface area contributed by atoms with Crippen LogP contribution in [-0.2, 0) is 41.1 Å². The molecular weight excluding hydrogens is 771 g/mol. The Morgan fingerprint density at radius 2 is 1.63 bits per heavy atom. The summed E-state index contributed by atoms with van der Waals surface area (Å²) < 4.78 is 21.4. The first-order chi connectivity index (χ1) is 29.0. The van der Waals surface area contributed by atoms with Crippen molar-refractivity contribution in [1.29, 1.82) is 0 Å². The molecule has 0 aliphatic carbocycles. The standard InChI is InChI=1S/C43H47N9O8/c1-48(23-35-37(58-3)18-26(19-38(35)59-4)34-24-49(2)41(55)33-21-44-13-10-30(33)34)14-5-15-51-22-27(46-47-51)25-60-29-11-16-50(17-12-29)28-6-7-31-32(20-28)43(57)52(42(31)56)36-8-9-39(53)45-40(36)54/h6-7,10,13,18-22,24,29,36H,5,8-9,11-12,14-17,23,25H2,1-4H3,(H,45,53,54). The van der Waals surface area contributed by atoms with E-state index in [0.29, 0.717) is 49.7 Å². The number of aryl methyl sites for hydroxylation is 2. The maximum atomic E-state index is 13.3. The van der Waals surface area contributed by atoms with Crippen LogP contribution < -0.4 is 25.2 Å². The number of fused-ring (bicyclic) bond motifs is 2. The minimum Gasteiger partial charge on any atom is -0.496 e. The molecule has 3 aromatic heterocycles. The zero-order valence-electron chi connectivity index (χ0n) is 34.1. The topological polar surface area (TPSA) is 183 Å². The number of hydrogen-bond acceptors (Lipinski definition) is 13. The molecule has 0 saturated carbocycles. The van der Waals surface area contributed by atoms with Crippen LogP contribution in [0, 0.1) is 0 Å². The summed E-state index contributed by atoms with van der Waals surface area (Å²) in [5, 5.41) is 12.2. The zero-order chi connectivity index (χ0) is 42.1. The van der Waals surface area contributed by atoms with Gasteiger partial charge < -0.3 is 28.6 Å². The molecule has 1 unspecified atom stereocenters. The number of imide groups is 2. The molecule has 3 aliphatic rings. The van der Waals surface area contributed by atoms with Gasteiger partial charge in [0.15, 0.2) is 0 Å². The molecule has 0 bridgehead atoms. The zero-order valence-corrected chi connectivity index (χ0v) is 34.1. The lowest BCUT2D eigenvalue weighted by Gasteiger charge is -2.33. The molecule has 4 amide bonds. The number of benzene rings is 2. The number of methoxy groups -OCH3 is 2. The van der Waals surface area contributed by atoms with Crippen molar-refractivity contribution in [2.45, 2.75) is 63.9 Å². The summed E-state index contributed by atoms with van der Waals surface area (Å²) in [6.45, 7) is 3.80. The lowest BCUT2D eigenvalue weighted by atomic mass is 9.99. The Kier molecular flexibility index (Phi) is 11.4. The number of ether oxygens (including phenoxy) is 3. The van der Waals surface area contributed by atoms with Gasteiger partial charge >= 0.3 is 0 Å². The smallest absolute Gasteiger partial charge is 0.262 e. The van der Waals surface area contributed by atoms with Crippen molar-refractivity contribution >= 4 is 40.1 Å². The number of anilines is 1. The number of carbonyl (C=O) groups excluding carboxylic acids is 4. The van der Waals surface area contributed by atoms with Gasteiger partial charge in [0.05, 0.1) is 55.2 Å². The number of nitrogens with one attached hydrogen (secondary N) is 1. The van der Waals surface area contributed by atoms with E-state index in [1.807, 2.05) is 41.3 Å². The van der Waals surface area contributed by atoms with E-state index in [1.165, 1.54) is 0 Å². The lowest BCUT2D eigenvalue weighted by molar-refractivity contribution is -0.136. The van der Waals surface area contributed by atoms with Crippen molar-refractivity contribution in [3.63, 3.8) is 0 Å². The maximum absolute atomic E-state index is 13.3. The average molecular weight is 818 g/mol. The Morgan fingerprint density at radius 3 is 2.37 bits per heavy atom. The largest absolute Gasteiger partial charge is 0.496 e. The number of carbonyl (C=O) groups is 4. The fraction of sp³-hybridized carbons (Fsp3) is 0.395. The summed E-state index contributed by atoms with van der Waals surface area (Å²) >= 11 is 0. The summed E-state index contributed by atoms with van der Waals surface area (Å²) in [6, 6.07) is 10.0. The van der Waals surface area contributed by atoms with E-state index in [1.54, 1.807) is 50.4 Å². The highest BCUT2D eigenvalue weighted by atomic mass is 16.5. The van der Waals surface area contributed by atoms with Crippen molar-refractivity contribution in [2.75, 3.05) is 45.8 Å². The van der Waals surface area contributed by atoms with E-state index in [2.05, 4.69) is 37.5 Å². The van der Waals surface area contributed by atoms with Crippen molar-refractivity contribution in [3.8, 4) is 22.6 Å². The van der Waals surface area contributed by atoms with Crippen molar-refractivity contribution in [1.82, 2.24) is 39.7 Å². The van der Waals surface area contributed by atoms with Gasteiger partial charge in [0.2, 0.25) is 11.8 Å². The molecule has 2 saturated heterocycles. The molecule has 17 heteroatoms. The van der Waals surface area contributed by atoms with Gasteiger partial charge in [0.1, 0.15) is 23.2 Å². The van der Waals surface area contributed by atoms with Crippen LogP contribution in [0.5, 0.6) is 11.5 Å². The number of aromatic nitrogens is 5. The third kappa shape index (κ3) is 7.97. The quantitative estimate of drug-likeness (QED) is 0.161. The first-order valence-electron chi connectivity index (χ1n) is 20.0. The van der Waals surface area contributed by atoms with Crippen molar-refractivity contribution < 1.29 is 33.4 Å². The number of nitrogens with zero attached hydrogens (tertiary/aromatic N) is 8. The van der Waals surface area contributed by atoms with Gasteiger partial charge in [0, 0.05) is 69.5 Å². The van der Waals surface area contributed by atoms with E-state index < -0.39 is 29.7 Å². The van der Waals surface area contributed by atoms with Crippen LogP contribution in [0.3, 0.4) is 0 Å². The van der Waals surface area contributed by atoms with Crippen molar-refractivity contribution in [3.05, 3.63) is 93.9 Å². The van der Waals surface area contributed by atoms with Crippen molar-refractivity contribution in [2.24, 2.45) is 7.05 Å². The molecule has 0 spiro atoms. The predicted molar refractivity (Wildman–Crippen MR) is 220 cm³/mol. The second-order valence-corrected chi connectivity index (χ2v) is 15.5. The SMILES string of the molecule is COc1cc(-c2cn(C)c(=O)c3cnccc23)cc(OC)c1CN(C)CCCn1cc(COC2CCN(c3ccc4c(c3)C(=O)N(C3CCC(=O)NC3=O)C4=O)CC2)nn1. The molecule has 60 heavy (non-hydrogen) atoms. The van der Waals surface area contributed by atoms with Gasteiger partial charge in [-0.25, -0.2) is 0 Å². The molecule has 3 aliphatic heterocycles. The number of pyridine rings is 2. The van der Waals surface area contributed by atoms with E-state index >= 15 is 0 Å². The lowest BCUT2D eigenvalue weighted by Crippen LogP contribution is -2.54. The van der Waals surface area contributed by atoms with E-state index in [0.717, 1.165) is 64.2 Å². The van der Waals surface area contributed by atoms with Crippen LogP contribution in [-0.4, -0.2) is 111 Å². The van der Waals surface area contributed by atoms with Gasteiger partial charge in [-0.05, 0) is 86.6 Å². The summed E-state index contributed by atoms with van der Waals surface area (Å²) in [6.07, 6.45) is 9.62. The second-order valence-electron chi connectivity index (χ2n) is 15.5. The van der Waals surface area contributed by atoms with Crippen LogP contribution >= 0.6 is 0 Å². The maximum Gasteiger partial charge on any atom is 0.262 e. The minimum atomic E-state index is -0.992. The summed E-state index contributed by atoms with van der Waals surface area (Å²) in [5.74, 6) is -0.673. The molecule has 5 aromatic rings. The van der Waals surface area contributed by atoms with Gasteiger partial charge in [-0.3, -0.25) is 43.9 Å². The number of amides is 4. The fourth-order valence-corrected chi connectivity index (χ4v) is 8.34. The Labute approximate surface area is 345 Å². The molecule has 0 radical (unpaired) electrons. The summed E-state index contributed by atoms with van der Waals surface area (Å²) in [5.41, 5.74) is 4.68. The van der Waals surface area contributed by atoms with E-state index in [9.17, 15) is 24.0 Å². The Hall–Kier alpha value is -6.46. The summed E-state index contributed by atoms with van der Waals surface area (Å²) in [7, 11) is 7.07. The molecule has 2 fully saturated rings. The van der Waals surface area contributed by atoms with E-state index in [4.69, 9.17) is 14.2 Å². The fourth-order valence-electron chi connectivity index (χ4n) is 8.34. The van der Waals surface area contributed by atoms with Crippen LogP contribution in [0.25, 0.3) is 21.9 Å². The normalized spacial score (nSPS) is 17.2. The van der Waals surface area contributed by atoms with Crippen LogP contribution in [0.15, 0.2) is 66.0 Å². The molecule has 2 aromatic carbocycles. The van der Waals surface area contributed by atoms with Crippen LogP contribution in [0.1, 0.15) is 64.1 Å². The highest BCUT2D eigenvalue weighted by Crippen LogP contribution is 2.38. The highest BCUT2D eigenvalue weighted by molar-refractivity contribution is 6.23. The average Bonchev–Trinajstić information content (AvgIpc) is 3.81. The van der Waals surface area contributed by atoms with Gasteiger partial charge in [-0.2, -0.15) is 0 Å². The monoisotopic (exact) mass is 817 g/mol. The van der Waals surface area contributed by atoms with Crippen LogP contribution in [0.2, 0.25) is 0 Å².